The van der Waals surface area contributed by atoms with Gasteiger partial charge in [0.2, 0.25) is 15.9 Å². The van der Waals surface area contributed by atoms with E-state index in [1.807, 2.05) is 32.0 Å². The van der Waals surface area contributed by atoms with E-state index >= 15 is 0 Å². The molecule has 0 heterocycles. The number of halogens is 1. The molecule has 2 rings (SSSR count). The summed E-state index contributed by atoms with van der Waals surface area (Å²) in [7, 11) is -2.37. The van der Waals surface area contributed by atoms with Crippen molar-refractivity contribution in [2.24, 2.45) is 0 Å². The molecule has 0 saturated heterocycles. The Morgan fingerprint density at radius 1 is 1.14 bits per heavy atom. The molecule has 0 unspecified atom stereocenters. The van der Waals surface area contributed by atoms with E-state index in [-0.39, 0.29) is 11.6 Å². The minimum Gasteiger partial charge on any atom is -0.495 e. The molecular weight excluding hydrogens is 400 g/mol. The van der Waals surface area contributed by atoms with Gasteiger partial charge >= 0.3 is 0 Å². The first-order valence-corrected chi connectivity index (χ1v) is 11.0. The minimum atomic E-state index is -3.80. The van der Waals surface area contributed by atoms with Gasteiger partial charge in [0.1, 0.15) is 11.8 Å². The number of hydrogen-bond acceptors (Lipinski definition) is 4. The quantitative estimate of drug-likeness (QED) is 0.720. The van der Waals surface area contributed by atoms with E-state index in [2.05, 4.69) is 5.32 Å². The molecule has 0 radical (unpaired) electrons. The average Bonchev–Trinajstić information content (AvgIpc) is 2.61. The van der Waals surface area contributed by atoms with Gasteiger partial charge in [0.05, 0.1) is 19.1 Å². The van der Waals surface area contributed by atoms with Gasteiger partial charge < -0.3 is 10.1 Å². The zero-order valence-electron chi connectivity index (χ0n) is 16.6. The summed E-state index contributed by atoms with van der Waals surface area (Å²) >= 11 is 6.06. The number of anilines is 2. The highest BCUT2D eigenvalue weighted by molar-refractivity contribution is 7.92. The van der Waals surface area contributed by atoms with E-state index < -0.39 is 22.0 Å². The fourth-order valence-electron chi connectivity index (χ4n) is 2.97. The predicted molar refractivity (Wildman–Crippen MR) is 114 cm³/mol. The van der Waals surface area contributed by atoms with Crippen LogP contribution in [0.4, 0.5) is 11.4 Å². The summed E-state index contributed by atoms with van der Waals surface area (Å²) in [5, 5.41) is 3.18. The molecule has 152 valence electrons. The Hall–Kier alpha value is -2.25. The van der Waals surface area contributed by atoms with Gasteiger partial charge in [0, 0.05) is 10.7 Å². The average molecular weight is 425 g/mol. The maximum Gasteiger partial charge on any atom is 0.248 e. The standard InChI is InChI=1S/C20H25ClN2O4S/c1-13(2)16-8-6-7-9-17(16)22-20(24)14(3)23(28(5,25)26)18-12-15(21)10-11-19(18)27-4/h6-14H,1-5H3,(H,22,24)/t14-/m1/s1. The minimum absolute atomic E-state index is 0.200. The largest absolute Gasteiger partial charge is 0.495 e. The number of carbonyl (C=O) groups excluding carboxylic acids is 1. The molecule has 0 aliphatic rings. The Bertz CT molecular complexity index is 960. The number of methoxy groups -OCH3 is 1. The van der Waals surface area contributed by atoms with E-state index in [0.717, 1.165) is 16.1 Å². The molecule has 8 heteroatoms. The molecule has 0 bridgehead atoms. The lowest BCUT2D eigenvalue weighted by atomic mass is 10.0. The molecule has 2 aromatic rings. The van der Waals surface area contributed by atoms with E-state index in [4.69, 9.17) is 16.3 Å². The van der Waals surface area contributed by atoms with Crippen molar-refractivity contribution in [2.45, 2.75) is 32.7 Å². The van der Waals surface area contributed by atoms with Crippen molar-refractivity contribution in [3.63, 3.8) is 0 Å². The Labute approximate surface area is 171 Å². The summed E-state index contributed by atoms with van der Waals surface area (Å²) in [5.41, 5.74) is 1.83. The van der Waals surface area contributed by atoms with Gasteiger partial charge in [-0.15, -0.1) is 0 Å². The van der Waals surface area contributed by atoms with Gasteiger partial charge in [-0.2, -0.15) is 0 Å². The molecule has 0 aromatic heterocycles. The molecule has 6 nitrogen and oxygen atoms in total. The second-order valence-corrected chi connectivity index (χ2v) is 9.08. The number of para-hydroxylation sites is 1. The Morgan fingerprint density at radius 3 is 2.36 bits per heavy atom. The molecule has 28 heavy (non-hydrogen) atoms. The Balaban J connectivity index is 2.44. The third kappa shape index (κ3) is 4.97. The smallest absolute Gasteiger partial charge is 0.248 e. The Morgan fingerprint density at radius 2 is 1.79 bits per heavy atom. The molecule has 0 saturated carbocycles. The zero-order valence-corrected chi connectivity index (χ0v) is 18.1. The third-order valence-electron chi connectivity index (χ3n) is 4.31. The number of ether oxygens (including phenoxy) is 1. The van der Waals surface area contributed by atoms with Crippen LogP contribution in [0.3, 0.4) is 0 Å². The third-order valence-corrected chi connectivity index (χ3v) is 5.77. The van der Waals surface area contributed by atoms with Crippen molar-refractivity contribution in [1.29, 1.82) is 0 Å². The van der Waals surface area contributed by atoms with Gasteiger partial charge in [-0.25, -0.2) is 8.42 Å². The normalized spacial score (nSPS) is 12.5. The fraction of sp³-hybridized carbons (Fsp3) is 0.350. The lowest BCUT2D eigenvalue weighted by Crippen LogP contribution is -2.45. The maximum atomic E-state index is 12.9. The molecule has 0 aliphatic carbocycles. The first kappa shape index (κ1) is 22.0. The van der Waals surface area contributed by atoms with Crippen molar-refractivity contribution in [2.75, 3.05) is 23.0 Å². The molecule has 0 fully saturated rings. The van der Waals surface area contributed by atoms with Crippen molar-refractivity contribution >= 4 is 38.9 Å². The summed E-state index contributed by atoms with van der Waals surface area (Å²) < 4.78 is 31.4. The number of nitrogens with zero attached hydrogens (tertiary/aromatic N) is 1. The van der Waals surface area contributed by atoms with E-state index in [0.29, 0.717) is 16.5 Å². The molecule has 0 spiro atoms. The number of nitrogens with one attached hydrogen (secondary N) is 1. The monoisotopic (exact) mass is 424 g/mol. The highest BCUT2D eigenvalue weighted by atomic mass is 35.5. The lowest BCUT2D eigenvalue weighted by Gasteiger charge is -2.29. The van der Waals surface area contributed by atoms with Crippen LogP contribution in [0.25, 0.3) is 0 Å². The molecule has 0 aliphatic heterocycles. The molecular formula is C20H25ClN2O4S. The number of benzene rings is 2. The molecule has 1 N–H and O–H groups in total. The van der Waals surface area contributed by atoms with Crippen LogP contribution in [-0.4, -0.2) is 33.7 Å². The number of carbonyl (C=O) groups is 1. The van der Waals surface area contributed by atoms with Gasteiger partial charge in [-0.1, -0.05) is 43.6 Å². The summed E-state index contributed by atoms with van der Waals surface area (Å²) in [6, 6.07) is 11.0. The molecule has 1 atom stereocenters. The highest BCUT2D eigenvalue weighted by Gasteiger charge is 2.31. The first-order valence-electron chi connectivity index (χ1n) is 8.79. The van der Waals surface area contributed by atoms with Gasteiger partial charge in [-0.05, 0) is 42.7 Å². The molecule has 2 aromatic carbocycles. The van der Waals surface area contributed by atoms with Crippen LogP contribution >= 0.6 is 11.6 Å². The molecule has 1 amide bonds. The van der Waals surface area contributed by atoms with Crippen molar-refractivity contribution in [1.82, 2.24) is 0 Å². The van der Waals surface area contributed by atoms with E-state index in [1.165, 1.54) is 20.1 Å². The van der Waals surface area contributed by atoms with Crippen LogP contribution in [0.5, 0.6) is 5.75 Å². The van der Waals surface area contributed by atoms with Crippen LogP contribution in [0.2, 0.25) is 5.02 Å². The van der Waals surface area contributed by atoms with Crippen LogP contribution in [-0.2, 0) is 14.8 Å². The Kier molecular flexibility index (Phi) is 6.96. The number of rotatable bonds is 7. The van der Waals surface area contributed by atoms with Crippen LogP contribution in [0.15, 0.2) is 42.5 Å². The zero-order chi connectivity index (χ0) is 21.1. The van der Waals surface area contributed by atoms with Crippen LogP contribution < -0.4 is 14.4 Å². The number of amides is 1. The van der Waals surface area contributed by atoms with Crippen molar-refractivity contribution < 1.29 is 17.9 Å². The fourth-order valence-corrected chi connectivity index (χ4v) is 4.30. The second kappa shape index (κ2) is 8.84. The van der Waals surface area contributed by atoms with Crippen molar-refractivity contribution in [3.05, 3.63) is 53.1 Å². The number of hydrogen-bond donors (Lipinski definition) is 1. The van der Waals surface area contributed by atoms with Crippen molar-refractivity contribution in [3.8, 4) is 5.75 Å². The van der Waals surface area contributed by atoms with Gasteiger partial charge in [-0.3, -0.25) is 9.10 Å². The summed E-state index contributed by atoms with van der Waals surface area (Å²) in [6.07, 6.45) is 1.04. The first-order chi connectivity index (χ1) is 13.1. The van der Waals surface area contributed by atoms with Gasteiger partial charge in [0.15, 0.2) is 0 Å². The number of sulfonamides is 1. The highest BCUT2D eigenvalue weighted by Crippen LogP contribution is 2.34. The van der Waals surface area contributed by atoms with Crippen LogP contribution in [0.1, 0.15) is 32.3 Å². The topological polar surface area (TPSA) is 75.7 Å². The summed E-state index contributed by atoms with van der Waals surface area (Å²) in [4.78, 5) is 12.9. The SMILES string of the molecule is COc1ccc(Cl)cc1N([C@H](C)C(=O)Nc1ccccc1C(C)C)S(C)(=O)=O. The second-order valence-electron chi connectivity index (χ2n) is 6.78. The predicted octanol–water partition coefficient (Wildman–Crippen LogP) is 4.27. The summed E-state index contributed by atoms with van der Waals surface area (Å²) in [5.74, 6) is 0.0449. The lowest BCUT2D eigenvalue weighted by molar-refractivity contribution is -0.116. The van der Waals surface area contributed by atoms with Gasteiger partial charge in [0.25, 0.3) is 0 Å². The summed E-state index contributed by atoms with van der Waals surface area (Å²) in [6.45, 7) is 5.57. The van der Waals surface area contributed by atoms with E-state index in [1.54, 1.807) is 18.2 Å². The maximum absolute atomic E-state index is 12.9. The van der Waals surface area contributed by atoms with Crippen LogP contribution in [0, 0.1) is 0 Å². The van der Waals surface area contributed by atoms with E-state index in [9.17, 15) is 13.2 Å².